The molecule has 7 aromatic carbocycles. The Bertz CT molecular complexity index is 2720. The molecule has 9 rings (SSSR count). The lowest BCUT2D eigenvalue weighted by atomic mass is 9.93. The van der Waals surface area contributed by atoms with Crippen molar-refractivity contribution in [2.45, 2.75) is 20.8 Å². The van der Waals surface area contributed by atoms with Gasteiger partial charge in [-0.25, -0.2) is 19.3 Å². The molecular weight excluding hydrogens is 652 g/mol. The summed E-state index contributed by atoms with van der Waals surface area (Å²) >= 11 is 0. The molecule has 0 bridgehead atoms. The van der Waals surface area contributed by atoms with E-state index in [0.29, 0.717) is 17.5 Å². The minimum Gasteiger partial charge on any atom is -0.308 e. The van der Waals surface area contributed by atoms with Crippen molar-refractivity contribution >= 4 is 21.8 Å². The van der Waals surface area contributed by atoms with Crippen LogP contribution in [0, 0.1) is 26.6 Å². The summed E-state index contributed by atoms with van der Waals surface area (Å²) in [7, 11) is 0. The van der Waals surface area contributed by atoms with Gasteiger partial charge in [-0.2, -0.15) is 0 Å². The van der Waals surface area contributed by atoms with Gasteiger partial charge in [0, 0.05) is 27.5 Å². The number of para-hydroxylation sites is 1. The van der Waals surface area contributed by atoms with Gasteiger partial charge >= 0.3 is 0 Å². The topological polar surface area (TPSA) is 43.6 Å². The summed E-state index contributed by atoms with van der Waals surface area (Å²) in [4.78, 5) is 15.2. The summed E-state index contributed by atoms with van der Waals surface area (Å²) in [5, 5.41) is 2.30. The van der Waals surface area contributed by atoms with Gasteiger partial charge in [0.05, 0.1) is 16.7 Å². The predicted octanol–water partition coefficient (Wildman–Crippen LogP) is 12.4. The molecule has 0 aliphatic rings. The standard InChI is InChI=1S/C48H35FN4/c1-30-26-31(2)45(32(3)27-30)37-21-25-43-41(28-37)39-16-10-11-17-42(39)53(43)44-29-36(33-18-22-38(49)23-19-33)20-24-40(44)48-51-46(34-12-6-4-7-13-34)50-47(52-48)35-14-8-5-9-15-35/h4-29H,1-3H3. The summed E-state index contributed by atoms with van der Waals surface area (Å²) in [6.07, 6.45) is 0. The highest BCUT2D eigenvalue weighted by Gasteiger charge is 2.21. The number of benzene rings is 7. The summed E-state index contributed by atoms with van der Waals surface area (Å²) in [5.74, 6) is 1.49. The number of nitrogens with zero attached hydrogens (tertiary/aromatic N) is 4. The summed E-state index contributed by atoms with van der Waals surface area (Å²) in [5.41, 5.74) is 13.8. The summed E-state index contributed by atoms with van der Waals surface area (Å²) in [6.45, 7) is 6.53. The third-order valence-corrected chi connectivity index (χ3v) is 9.99. The molecule has 0 aliphatic carbocycles. The van der Waals surface area contributed by atoms with Gasteiger partial charge in [0.2, 0.25) is 0 Å². The molecule has 0 atom stereocenters. The number of aryl methyl sites for hydroxylation is 3. The molecule has 4 nitrogen and oxygen atoms in total. The van der Waals surface area contributed by atoms with E-state index < -0.39 is 0 Å². The molecule has 5 heteroatoms. The average Bonchev–Trinajstić information content (AvgIpc) is 3.52. The Hall–Kier alpha value is -6.72. The zero-order chi connectivity index (χ0) is 36.1. The SMILES string of the molecule is Cc1cc(C)c(-c2ccc3c(c2)c2ccccc2n3-c2cc(-c3ccc(F)cc3)ccc2-c2nc(-c3ccccc3)nc(-c3ccccc3)n2)c(C)c1. The Morgan fingerprint density at radius 2 is 0.981 bits per heavy atom. The molecule has 0 unspecified atom stereocenters. The van der Waals surface area contributed by atoms with Crippen LogP contribution in [0.5, 0.6) is 0 Å². The van der Waals surface area contributed by atoms with Crippen molar-refractivity contribution in [2.75, 3.05) is 0 Å². The first-order valence-corrected chi connectivity index (χ1v) is 17.8. The lowest BCUT2D eigenvalue weighted by Gasteiger charge is -2.17. The van der Waals surface area contributed by atoms with Crippen LogP contribution in [0.2, 0.25) is 0 Å². The highest BCUT2D eigenvalue weighted by atomic mass is 19.1. The molecule has 53 heavy (non-hydrogen) atoms. The van der Waals surface area contributed by atoms with Crippen LogP contribution in [-0.4, -0.2) is 19.5 Å². The van der Waals surface area contributed by atoms with Gasteiger partial charge in [-0.1, -0.05) is 121 Å². The van der Waals surface area contributed by atoms with Crippen LogP contribution in [-0.2, 0) is 0 Å². The van der Waals surface area contributed by atoms with E-state index in [0.717, 1.165) is 55.3 Å². The fourth-order valence-corrected chi connectivity index (χ4v) is 7.68. The predicted molar refractivity (Wildman–Crippen MR) is 216 cm³/mol. The van der Waals surface area contributed by atoms with E-state index in [9.17, 15) is 4.39 Å². The first-order chi connectivity index (χ1) is 25.9. The number of rotatable bonds is 6. The van der Waals surface area contributed by atoms with Crippen LogP contribution in [0.4, 0.5) is 4.39 Å². The van der Waals surface area contributed by atoms with E-state index in [-0.39, 0.29) is 5.82 Å². The maximum absolute atomic E-state index is 14.1. The Labute approximate surface area is 307 Å². The molecular formula is C48H35FN4. The highest BCUT2D eigenvalue weighted by molar-refractivity contribution is 6.11. The van der Waals surface area contributed by atoms with Crippen molar-refractivity contribution in [3.05, 3.63) is 180 Å². The molecule has 0 aliphatic heterocycles. The van der Waals surface area contributed by atoms with Crippen LogP contribution >= 0.6 is 0 Å². The third kappa shape index (κ3) is 5.86. The number of fused-ring (bicyclic) bond motifs is 3. The minimum absolute atomic E-state index is 0.269. The Balaban J connectivity index is 1.34. The molecule has 9 aromatic rings. The van der Waals surface area contributed by atoms with E-state index in [1.54, 1.807) is 0 Å². The lowest BCUT2D eigenvalue weighted by molar-refractivity contribution is 0.628. The quantitative estimate of drug-likeness (QED) is 0.175. The van der Waals surface area contributed by atoms with Gasteiger partial charge in [-0.05, 0) is 96.6 Å². The normalized spacial score (nSPS) is 11.4. The minimum atomic E-state index is -0.269. The zero-order valence-electron chi connectivity index (χ0n) is 29.7. The molecule has 0 saturated carbocycles. The van der Waals surface area contributed by atoms with Crippen LogP contribution in [0.25, 0.3) is 83.9 Å². The zero-order valence-corrected chi connectivity index (χ0v) is 29.7. The maximum atomic E-state index is 14.1. The third-order valence-electron chi connectivity index (χ3n) is 9.99. The number of aromatic nitrogens is 4. The lowest BCUT2D eigenvalue weighted by Crippen LogP contribution is -2.04. The fourth-order valence-electron chi connectivity index (χ4n) is 7.68. The van der Waals surface area contributed by atoms with Gasteiger partial charge in [-0.15, -0.1) is 0 Å². The Morgan fingerprint density at radius 3 is 1.64 bits per heavy atom. The van der Waals surface area contributed by atoms with E-state index in [1.165, 1.54) is 39.9 Å². The van der Waals surface area contributed by atoms with Crippen LogP contribution in [0.3, 0.4) is 0 Å². The molecule has 0 saturated heterocycles. The number of halogens is 1. The summed E-state index contributed by atoms with van der Waals surface area (Å²) in [6, 6.07) is 52.9. The highest BCUT2D eigenvalue weighted by Crippen LogP contribution is 2.40. The van der Waals surface area contributed by atoms with Crippen molar-refractivity contribution in [3.63, 3.8) is 0 Å². The Morgan fingerprint density at radius 1 is 0.434 bits per heavy atom. The first-order valence-electron chi connectivity index (χ1n) is 17.8. The maximum Gasteiger partial charge on any atom is 0.166 e. The second-order valence-electron chi connectivity index (χ2n) is 13.6. The van der Waals surface area contributed by atoms with Gasteiger partial charge in [0.15, 0.2) is 17.5 Å². The molecule has 0 spiro atoms. The largest absolute Gasteiger partial charge is 0.308 e. The fraction of sp³-hybridized carbons (Fsp3) is 0.0625. The average molecular weight is 687 g/mol. The summed E-state index contributed by atoms with van der Waals surface area (Å²) < 4.78 is 16.4. The van der Waals surface area contributed by atoms with E-state index in [1.807, 2.05) is 72.8 Å². The van der Waals surface area contributed by atoms with Crippen LogP contribution < -0.4 is 0 Å². The van der Waals surface area contributed by atoms with Crippen LogP contribution in [0.15, 0.2) is 158 Å². The van der Waals surface area contributed by atoms with Crippen molar-refractivity contribution in [3.8, 4) is 62.1 Å². The number of hydrogen-bond acceptors (Lipinski definition) is 3. The van der Waals surface area contributed by atoms with Crippen LogP contribution in [0.1, 0.15) is 16.7 Å². The van der Waals surface area contributed by atoms with Gasteiger partial charge in [0.25, 0.3) is 0 Å². The Kier molecular flexibility index (Phi) is 7.97. The van der Waals surface area contributed by atoms with Gasteiger partial charge in [0.1, 0.15) is 5.82 Å². The van der Waals surface area contributed by atoms with Crippen molar-refractivity contribution in [1.82, 2.24) is 19.5 Å². The monoisotopic (exact) mass is 686 g/mol. The smallest absolute Gasteiger partial charge is 0.166 e. The second kappa shape index (κ2) is 13.1. The van der Waals surface area contributed by atoms with E-state index >= 15 is 0 Å². The molecule has 0 N–H and O–H groups in total. The molecule has 0 radical (unpaired) electrons. The van der Waals surface area contributed by atoms with E-state index in [2.05, 4.69) is 98.1 Å². The van der Waals surface area contributed by atoms with Crippen molar-refractivity contribution in [1.29, 1.82) is 0 Å². The molecule has 0 amide bonds. The molecule has 254 valence electrons. The number of hydrogen-bond donors (Lipinski definition) is 0. The molecule has 2 heterocycles. The van der Waals surface area contributed by atoms with Gasteiger partial charge in [-0.3, -0.25) is 0 Å². The van der Waals surface area contributed by atoms with E-state index in [4.69, 9.17) is 15.0 Å². The van der Waals surface area contributed by atoms with Crippen molar-refractivity contribution in [2.24, 2.45) is 0 Å². The second-order valence-corrected chi connectivity index (χ2v) is 13.6. The molecule has 0 fully saturated rings. The molecule has 2 aromatic heterocycles. The van der Waals surface area contributed by atoms with Gasteiger partial charge < -0.3 is 4.57 Å². The van der Waals surface area contributed by atoms with Crippen molar-refractivity contribution < 1.29 is 4.39 Å². The first kappa shape index (κ1) is 32.2.